The van der Waals surface area contributed by atoms with E-state index in [2.05, 4.69) is 29.1 Å². The summed E-state index contributed by atoms with van der Waals surface area (Å²) >= 11 is 0. The van der Waals surface area contributed by atoms with Crippen molar-refractivity contribution < 1.29 is 8.94 Å². The Labute approximate surface area is 135 Å². The highest BCUT2D eigenvalue weighted by Gasteiger charge is 2.21. The molecule has 3 aromatic heterocycles. The molecule has 1 atom stereocenters. The molecule has 0 saturated carbocycles. The highest BCUT2D eigenvalue weighted by atomic mass is 16.5. The van der Waals surface area contributed by atoms with Crippen LogP contribution in [0.5, 0.6) is 0 Å². The number of furan rings is 1. The molecule has 3 aromatic rings. The van der Waals surface area contributed by atoms with E-state index in [4.69, 9.17) is 8.94 Å². The topological polar surface area (TPSA) is 69.9 Å². The number of rotatable bonds is 4. The van der Waals surface area contributed by atoms with Gasteiger partial charge >= 0.3 is 0 Å². The van der Waals surface area contributed by atoms with Gasteiger partial charge in [-0.05, 0) is 45.7 Å². The normalized spacial score (nSPS) is 12.8. The number of aromatic nitrogens is 4. The van der Waals surface area contributed by atoms with E-state index < -0.39 is 0 Å². The summed E-state index contributed by atoms with van der Waals surface area (Å²) in [5.41, 5.74) is 4.36. The van der Waals surface area contributed by atoms with Gasteiger partial charge in [0.2, 0.25) is 11.7 Å². The first-order valence-electron chi connectivity index (χ1n) is 7.77. The summed E-state index contributed by atoms with van der Waals surface area (Å²) in [6.45, 7) is 10.0. The summed E-state index contributed by atoms with van der Waals surface area (Å²) in [4.78, 5) is 4.55. The van der Waals surface area contributed by atoms with Crippen LogP contribution in [0.15, 0.2) is 15.0 Å². The van der Waals surface area contributed by atoms with E-state index in [1.165, 1.54) is 11.3 Å². The summed E-state index contributed by atoms with van der Waals surface area (Å²) in [6.07, 6.45) is 0.830. The molecule has 0 N–H and O–H groups in total. The minimum absolute atomic E-state index is 0.131. The fraction of sp³-hybridized carbons (Fsp3) is 0.471. The fourth-order valence-electron chi connectivity index (χ4n) is 2.90. The predicted molar refractivity (Wildman–Crippen MR) is 86.3 cm³/mol. The Morgan fingerprint density at radius 2 is 1.96 bits per heavy atom. The maximum absolute atomic E-state index is 5.54. The zero-order chi connectivity index (χ0) is 16.7. The second kappa shape index (κ2) is 5.68. The van der Waals surface area contributed by atoms with Crippen LogP contribution < -0.4 is 0 Å². The summed E-state index contributed by atoms with van der Waals surface area (Å²) in [6, 6.07) is 1.93. The van der Waals surface area contributed by atoms with E-state index >= 15 is 0 Å². The van der Waals surface area contributed by atoms with Gasteiger partial charge in [0.1, 0.15) is 11.5 Å². The van der Waals surface area contributed by atoms with Gasteiger partial charge in [-0.2, -0.15) is 10.1 Å². The Morgan fingerprint density at radius 1 is 1.22 bits per heavy atom. The van der Waals surface area contributed by atoms with Crippen molar-refractivity contribution in [3.63, 3.8) is 0 Å². The van der Waals surface area contributed by atoms with Crippen molar-refractivity contribution in [3.8, 4) is 11.4 Å². The van der Waals surface area contributed by atoms with Gasteiger partial charge in [-0.1, -0.05) is 12.1 Å². The van der Waals surface area contributed by atoms with Gasteiger partial charge in [0.05, 0.1) is 11.3 Å². The lowest BCUT2D eigenvalue weighted by Gasteiger charge is -2.06. The molecular formula is C17H22N4O2. The molecule has 0 spiro atoms. The quantitative estimate of drug-likeness (QED) is 0.735. The Hall–Kier alpha value is -2.37. The van der Waals surface area contributed by atoms with Gasteiger partial charge < -0.3 is 8.94 Å². The van der Waals surface area contributed by atoms with Crippen LogP contribution in [0.1, 0.15) is 47.2 Å². The van der Waals surface area contributed by atoms with Crippen molar-refractivity contribution in [2.45, 2.75) is 47.0 Å². The molecule has 6 nitrogen and oxygen atoms in total. The zero-order valence-electron chi connectivity index (χ0n) is 14.5. The first kappa shape index (κ1) is 15.5. The highest BCUT2D eigenvalue weighted by Crippen LogP contribution is 2.27. The van der Waals surface area contributed by atoms with E-state index in [9.17, 15) is 0 Å². The third kappa shape index (κ3) is 2.81. The van der Waals surface area contributed by atoms with E-state index in [0.29, 0.717) is 11.7 Å². The van der Waals surface area contributed by atoms with E-state index in [1.54, 1.807) is 0 Å². The van der Waals surface area contributed by atoms with Crippen molar-refractivity contribution in [1.82, 2.24) is 19.9 Å². The highest BCUT2D eigenvalue weighted by molar-refractivity contribution is 5.57. The molecule has 3 rings (SSSR count). The lowest BCUT2D eigenvalue weighted by Crippen LogP contribution is -2.01. The fourth-order valence-corrected chi connectivity index (χ4v) is 2.90. The van der Waals surface area contributed by atoms with Gasteiger partial charge in [0.15, 0.2) is 0 Å². The molecule has 1 unspecified atom stereocenters. The molecule has 0 amide bonds. The Kier molecular flexibility index (Phi) is 3.83. The molecule has 0 saturated heterocycles. The average molecular weight is 314 g/mol. The Morgan fingerprint density at radius 3 is 2.52 bits per heavy atom. The third-order valence-corrected chi connectivity index (χ3v) is 4.31. The van der Waals surface area contributed by atoms with Gasteiger partial charge in [-0.15, -0.1) is 0 Å². The van der Waals surface area contributed by atoms with Crippen LogP contribution in [0.3, 0.4) is 0 Å². The molecule has 0 aliphatic carbocycles. The van der Waals surface area contributed by atoms with Crippen LogP contribution in [-0.4, -0.2) is 19.9 Å². The van der Waals surface area contributed by atoms with Crippen LogP contribution >= 0.6 is 0 Å². The monoisotopic (exact) mass is 314 g/mol. The molecule has 0 aliphatic rings. The van der Waals surface area contributed by atoms with Gasteiger partial charge in [-0.25, -0.2) is 0 Å². The molecule has 23 heavy (non-hydrogen) atoms. The second-order valence-corrected chi connectivity index (χ2v) is 6.16. The van der Waals surface area contributed by atoms with Crippen LogP contribution in [0.2, 0.25) is 0 Å². The Bertz CT molecular complexity index is 841. The molecule has 0 fully saturated rings. The number of hydrogen-bond acceptors (Lipinski definition) is 5. The van der Waals surface area contributed by atoms with E-state index in [-0.39, 0.29) is 5.92 Å². The smallest absolute Gasteiger partial charge is 0.230 e. The van der Waals surface area contributed by atoms with Crippen LogP contribution in [0.4, 0.5) is 0 Å². The largest absolute Gasteiger partial charge is 0.466 e. The molecule has 0 bridgehead atoms. The minimum Gasteiger partial charge on any atom is -0.466 e. The maximum atomic E-state index is 5.54. The third-order valence-electron chi connectivity index (χ3n) is 4.31. The van der Waals surface area contributed by atoms with Gasteiger partial charge in [-0.3, -0.25) is 4.68 Å². The second-order valence-electron chi connectivity index (χ2n) is 6.16. The predicted octanol–water partition coefficient (Wildman–Crippen LogP) is 3.64. The van der Waals surface area contributed by atoms with Crippen LogP contribution in [-0.2, 0) is 13.5 Å². The number of aryl methyl sites for hydroxylation is 4. The summed E-state index contributed by atoms with van der Waals surface area (Å²) in [5.74, 6) is 3.01. The first-order chi connectivity index (χ1) is 10.9. The molecule has 3 heterocycles. The number of nitrogens with zero attached hydrogens (tertiary/aromatic N) is 4. The molecule has 0 radical (unpaired) electrons. The van der Waals surface area contributed by atoms with Crippen molar-refractivity contribution in [2.75, 3.05) is 0 Å². The molecular weight excluding hydrogens is 292 g/mol. The molecule has 6 heteroatoms. The minimum atomic E-state index is 0.131. The van der Waals surface area contributed by atoms with Crippen molar-refractivity contribution >= 4 is 0 Å². The SMILES string of the molecule is Cc1cc(-c2noc(C(C)Cc3c(C)nn(C)c3C)n2)c(C)o1. The van der Waals surface area contributed by atoms with Gasteiger partial charge in [0.25, 0.3) is 0 Å². The lowest BCUT2D eigenvalue weighted by atomic mass is 9.99. The maximum Gasteiger partial charge on any atom is 0.230 e. The van der Waals surface area contributed by atoms with Crippen molar-refractivity contribution in [3.05, 3.63) is 40.4 Å². The van der Waals surface area contributed by atoms with E-state index in [0.717, 1.165) is 29.2 Å². The summed E-state index contributed by atoms with van der Waals surface area (Å²) in [7, 11) is 1.96. The molecule has 0 aromatic carbocycles. The Balaban J connectivity index is 1.84. The molecule has 0 aliphatic heterocycles. The number of hydrogen-bond donors (Lipinski definition) is 0. The van der Waals surface area contributed by atoms with Crippen LogP contribution in [0, 0.1) is 27.7 Å². The zero-order valence-corrected chi connectivity index (χ0v) is 14.5. The summed E-state index contributed by atoms with van der Waals surface area (Å²) in [5, 5.41) is 8.57. The standard InChI is InChI=1S/C17H22N4O2/c1-9(7-14-11(3)19-21(6)12(14)4)17-18-16(20-23-17)15-8-10(2)22-13(15)5/h8-9H,7H2,1-6H3. The lowest BCUT2D eigenvalue weighted by molar-refractivity contribution is 0.358. The van der Waals surface area contributed by atoms with E-state index in [1.807, 2.05) is 38.6 Å². The van der Waals surface area contributed by atoms with Crippen LogP contribution in [0.25, 0.3) is 11.4 Å². The average Bonchev–Trinajstić information content (AvgIpc) is 3.14. The van der Waals surface area contributed by atoms with Gasteiger partial charge in [0, 0.05) is 18.7 Å². The van der Waals surface area contributed by atoms with Crippen molar-refractivity contribution in [2.24, 2.45) is 7.05 Å². The summed E-state index contributed by atoms with van der Waals surface area (Å²) < 4.78 is 12.9. The van der Waals surface area contributed by atoms with Crippen molar-refractivity contribution in [1.29, 1.82) is 0 Å². The first-order valence-corrected chi connectivity index (χ1v) is 7.77. The molecule has 122 valence electrons.